The van der Waals surface area contributed by atoms with Crippen LogP contribution in [0.1, 0.15) is 34.7 Å². The van der Waals surface area contributed by atoms with Crippen molar-refractivity contribution < 1.29 is 14.1 Å². The summed E-state index contributed by atoms with van der Waals surface area (Å²) in [6.45, 7) is 4.41. The molecule has 0 atom stereocenters. The molecule has 1 aliphatic heterocycles. The summed E-state index contributed by atoms with van der Waals surface area (Å²) >= 11 is 0. The van der Waals surface area contributed by atoms with Gasteiger partial charge in [-0.2, -0.15) is 5.10 Å². The summed E-state index contributed by atoms with van der Waals surface area (Å²) in [6, 6.07) is 1.83. The van der Waals surface area contributed by atoms with Crippen LogP contribution in [-0.4, -0.2) is 57.3 Å². The topological polar surface area (TPSA) is 105 Å². The Balaban J connectivity index is 1.78. The lowest BCUT2D eigenvalue weighted by Gasteiger charge is -2.41. The van der Waals surface area contributed by atoms with Gasteiger partial charge in [-0.25, -0.2) is 0 Å². The van der Waals surface area contributed by atoms with Crippen LogP contribution >= 0.6 is 0 Å². The maximum absolute atomic E-state index is 12.8. The minimum atomic E-state index is -0.780. The number of likely N-dealkylation sites (N-methyl/N-ethyl adjacent to an activating group) is 1. The van der Waals surface area contributed by atoms with Crippen LogP contribution in [0.2, 0.25) is 0 Å². The van der Waals surface area contributed by atoms with E-state index in [-0.39, 0.29) is 11.8 Å². The van der Waals surface area contributed by atoms with Crippen LogP contribution in [0.3, 0.4) is 0 Å². The average Bonchev–Trinajstić information content (AvgIpc) is 3.19. The number of aromatic nitrogens is 3. The third-order valence-electron chi connectivity index (χ3n) is 5.00. The number of nitrogens with zero attached hydrogens (tertiary/aromatic N) is 4. The van der Waals surface area contributed by atoms with Gasteiger partial charge in [0.25, 0.3) is 5.91 Å². The summed E-state index contributed by atoms with van der Waals surface area (Å²) in [5.74, 6) is 1.08. The molecule has 140 valence electrons. The molecule has 3 rings (SSSR count). The molecule has 0 saturated carbocycles. The molecule has 1 fully saturated rings. The third kappa shape index (κ3) is 3.04. The van der Waals surface area contributed by atoms with Crippen LogP contribution in [0.5, 0.6) is 0 Å². The molecular formula is C17H24N6O3. The molecule has 0 aromatic carbocycles. The largest absolute Gasteiger partial charge is 0.361 e. The normalized spacial score (nSPS) is 16.4. The van der Waals surface area contributed by atoms with Gasteiger partial charge in [0.05, 0.1) is 11.9 Å². The maximum Gasteiger partial charge on any atom is 0.259 e. The number of carbonyl (C=O) groups excluding carboxylic acids is 2. The fraction of sp³-hybridized carbons (Fsp3) is 0.529. The Hall–Kier alpha value is -2.84. The molecule has 2 aromatic heterocycles. The quantitative estimate of drug-likeness (QED) is 0.838. The number of hydrogen-bond donors (Lipinski definition) is 2. The highest BCUT2D eigenvalue weighted by molar-refractivity contribution is 5.96. The van der Waals surface area contributed by atoms with E-state index in [4.69, 9.17) is 4.52 Å². The van der Waals surface area contributed by atoms with E-state index in [1.807, 2.05) is 13.1 Å². The molecule has 1 saturated heterocycles. The van der Waals surface area contributed by atoms with Crippen LogP contribution < -0.4 is 10.6 Å². The van der Waals surface area contributed by atoms with Crippen LogP contribution in [-0.2, 0) is 11.8 Å². The van der Waals surface area contributed by atoms with Crippen molar-refractivity contribution in [3.05, 3.63) is 29.3 Å². The van der Waals surface area contributed by atoms with E-state index in [2.05, 4.69) is 20.9 Å². The van der Waals surface area contributed by atoms with Crippen molar-refractivity contribution in [3.63, 3.8) is 0 Å². The number of nitrogens with one attached hydrogen (secondary N) is 2. The number of piperidine rings is 1. The van der Waals surface area contributed by atoms with E-state index < -0.39 is 5.54 Å². The number of rotatable bonds is 4. The van der Waals surface area contributed by atoms with Crippen molar-refractivity contribution in [1.82, 2.24) is 25.2 Å². The molecule has 0 radical (unpaired) electrons. The Morgan fingerprint density at radius 3 is 2.46 bits per heavy atom. The van der Waals surface area contributed by atoms with Crippen molar-refractivity contribution in [2.24, 2.45) is 7.05 Å². The van der Waals surface area contributed by atoms with Gasteiger partial charge in [-0.05, 0) is 26.7 Å². The van der Waals surface area contributed by atoms with Crippen molar-refractivity contribution in [2.45, 2.75) is 32.2 Å². The first-order valence-electron chi connectivity index (χ1n) is 8.58. The van der Waals surface area contributed by atoms with Gasteiger partial charge in [-0.15, -0.1) is 0 Å². The van der Waals surface area contributed by atoms with Gasteiger partial charge in [0, 0.05) is 33.3 Å². The SMILES string of the molecule is CNC(=O)C1(Nc2ccnn2C)CCN(C(=O)c2c(C)noc2C)CC1. The molecule has 0 bridgehead atoms. The van der Waals surface area contributed by atoms with Crippen LogP contribution in [0, 0.1) is 13.8 Å². The third-order valence-corrected chi connectivity index (χ3v) is 5.00. The number of carbonyl (C=O) groups is 2. The number of amides is 2. The molecule has 26 heavy (non-hydrogen) atoms. The minimum Gasteiger partial charge on any atom is -0.361 e. The van der Waals surface area contributed by atoms with Gasteiger partial charge in [-0.3, -0.25) is 14.3 Å². The standard InChI is InChI=1S/C17H24N6O3/c1-11-14(12(2)26-21-11)15(24)23-9-6-17(7-10-23,16(25)18-3)20-13-5-8-19-22(13)4/h5,8,20H,6-7,9-10H2,1-4H3,(H,18,25). The number of anilines is 1. The maximum atomic E-state index is 12.8. The van der Waals surface area contributed by atoms with Crippen molar-refractivity contribution in [1.29, 1.82) is 0 Å². The lowest BCUT2D eigenvalue weighted by atomic mass is 9.86. The smallest absolute Gasteiger partial charge is 0.259 e. The van der Waals surface area contributed by atoms with Crippen LogP contribution in [0.15, 0.2) is 16.8 Å². The molecule has 9 heteroatoms. The second kappa shape index (κ2) is 6.81. The van der Waals surface area contributed by atoms with Crippen molar-refractivity contribution in [2.75, 3.05) is 25.5 Å². The lowest BCUT2D eigenvalue weighted by molar-refractivity contribution is -0.126. The lowest BCUT2D eigenvalue weighted by Crippen LogP contribution is -2.58. The molecule has 0 spiro atoms. The molecule has 3 heterocycles. The molecule has 0 aliphatic carbocycles. The Kier molecular flexibility index (Phi) is 4.71. The zero-order valence-electron chi connectivity index (χ0n) is 15.5. The summed E-state index contributed by atoms with van der Waals surface area (Å²) in [5.41, 5.74) is 0.318. The van der Waals surface area contributed by atoms with E-state index in [0.717, 1.165) is 5.82 Å². The van der Waals surface area contributed by atoms with E-state index in [0.29, 0.717) is 42.9 Å². The zero-order chi connectivity index (χ0) is 18.9. The fourth-order valence-corrected chi connectivity index (χ4v) is 3.43. The monoisotopic (exact) mass is 360 g/mol. The van der Waals surface area contributed by atoms with E-state index >= 15 is 0 Å². The van der Waals surface area contributed by atoms with Crippen LogP contribution in [0.25, 0.3) is 0 Å². The van der Waals surface area contributed by atoms with Gasteiger partial charge in [0.15, 0.2) is 0 Å². The second-order valence-electron chi connectivity index (χ2n) is 6.62. The highest BCUT2D eigenvalue weighted by atomic mass is 16.5. The fourth-order valence-electron chi connectivity index (χ4n) is 3.43. The average molecular weight is 360 g/mol. The Bertz CT molecular complexity index is 797. The Labute approximate surface area is 151 Å². The van der Waals surface area contributed by atoms with Gasteiger partial charge < -0.3 is 20.1 Å². The van der Waals surface area contributed by atoms with E-state index in [1.165, 1.54) is 0 Å². The molecule has 2 aromatic rings. The highest BCUT2D eigenvalue weighted by Crippen LogP contribution is 2.29. The summed E-state index contributed by atoms with van der Waals surface area (Å²) < 4.78 is 6.79. The Morgan fingerprint density at radius 1 is 1.27 bits per heavy atom. The summed E-state index contributed by atoms with van der Waals surface area (Å²) in [6.07, 6.45) is 2.66. The van der Waals surface area contributed by atoms with Gasteiger partial charge >= 0.3 is 0 Å². The van der Waals surface area contributed by atoms with Crippen molar-refractivity contribution in [3.8, 4) is 0 Å². The molecule has 2 amide bonds. The number of aryl methyl sites for hydroxylation is 3. The first kappa shape index (κ1) is 18.0. The zero-order valence-corrected chi connectivity index (χ0v) is 15.5. The molecule has 9 nitrogen and oxygen atoms in total. The number of likely N-dealkylation sites (tertiary alicyclic amines) is 1. The van der Waals surface area contributed by atoms with Gasteiger partial charge in [0.2, 0.25) is 5.91 Å². The van der Waals surface area contributed by atoms with Crippen LogP contribution in [0.4, 0.5) is 5.82 Å². The van der Waals surface area contributed by atoms with Gasteiger partial charge in [-0.1, -0.05) is 5.16 Å². The predicted octanol–water partition coefficient (Wildman–Crippen LogP) is 0.858. The second-order valence-corrected chi connectivity index (χ2v) is 6.62. The first-order chi connectivity index (χ1) is 12.4. The van der Waals surface area contributed by atoms with E-state index in [1.54, 1.807) is 36.7 Å². The Morgan fingerprint density at radius 2 is 1.96 bits per heavy atom. The van der Waals surface area contributed by atoms with Crippen molar-refractivity contribution >= 4 is 17.6 Å². The first-order valence-corrected chi connectivity index (χ1v) is 8.58. The molecule has 2 N–H and O–H groups in total. The number of hydrogen-bond acceptors (Lipinski definition) is 6. The highest BCUT2D eigenvalue weighted by Gasteiger charge is 2.43. The summed E-state index contributed by atoms with van der Waals surface area (Å²) in [4.78, 5) is 27.2. The van der Waals surface area contributed by atoms with E-state index in [9.17, 15) is 9.59 Å². The molecular weight excluding hydrogens is 336 g/mol. The minimum absolute atomic E-state index is 0.0943. The summed E-state index contributed by atoms with van der Waals surface area (Å²) in [7, 11) is 3.44. The molecule has 1 aliphatic rings. The predicted molar refractivity (Wildman–Crippen MR) is 94.7 cm³/mol. The molecule has 0 unspecified atom stereocenters. The van der Waals surface area contributed by atoms with Gasteiger partial charge in [0.1, 0.15) is 22.7 Å². The summed E-state index contributed by atoms with van der Waals surface area (Å²) in [5, 5.41) is 14.1.